The van der Waals surface area contributed by atoms with Crippen molar-refractivity contribution in [3.63, 3.8) is 0 Å². The van der Waals surface area contributed by atoms with Gasteiger partial charge in [-0.3, -0.25) is 0 Å². The van der Waals surface area contributed by atoms with Gasteiger partial charge < -0.3 is 19.8 Å². The number of rotatable bonds is 6. The molecule has 0 radical (unpaired) electrons. The number of esters is 1. The van der Waals surface area contributed by atoms with Crippen molar-refractivity contribution in [2.75, 3.05) is 13.7 Å². The lowest BCUT2D eigenvalue weighted by Crippen LogP contribution is -2.45. The summed E-state index contributed by atoms with van der Waals surface area (Å²) in [4.78, 5) is 28.7. The molecule has 3 aromatic carbocycles. The lowest BCUT2D eigenvalue weighted by molar-refractivity contribution is -0.143. The molecule has 1 aromatic heterocycles. The fourth-order valence-corrected chi connectivity index (χ4v) is 4.93. The van der Waals surface area contributed by atoms with Crippen molar-refractivity contribution >= 4 is 23.0 Å². The van der Waals surface area contributed by atoms with Crippen LogP contribution in [0.1, 0.15) is 35.4 Å². The van der Waals surface area contributed by atoms with Gasteiger partial charge in [-0.2, -0.15) is 0 Å². The van der Waals surface area contributed by atoms with Crippen molar-refractivity contribution in [3.05, 3.63) is 95.7 Å². The van der Waals surface area contributed by atoms with E-state index in [1.54, 1.807) is 0 Å². The van der Waals surface area contributed by atoms with Gasteiger partial charge >= 0.3 is 12.1 Å². The molecule has 1 heterocycles. The van der Waals surface area contributed by atoms with E-state index >= 15 is 0 Å². The smallest absolute Gasteiger partial charge is 0.407 e. The quantitative estimate of drug-likeness (QED) is 0.385. The molecule has 0 spiro atoms. The third-order valence-electron chi connectivity index (χ3n) is 6.68. The predicted octanol–water partition coefficient (Wildman–Crippen LogP) is 5.35. The minimum absolute atomic E-state index is 0.0548. The molecule has 2 atom stereocenters. The van der Waals surface area contributed by atoms with Gasteiger partial charge in [0.25, 0.3) is 0 Å². The first-order valence-corrected chi connectivity index (χ1v) is 11.3. The number of H-pyrrole nitrogens is 1. The molecular weight excluding hydrogens is 428 g/mol. The summed E-state index contributed by atoms with van der Waals surface area (Å²) in [5, 5.41) is 3.74. The number of fused-ring (bicyclic) bond motifs is 4. The third kappa shape index (κ3) is 3.81. The van der Waals surface area contributed by atoms with E-state index in [0.717, 1.165) is 38.7 Å². The molecule has 5 rings (SSSR count). The highest BCUT2D eigenvalue weighted by Crippen LogP contribution is 2.44. The Kier molecular flexibility index (Phi) is 5.80. The van der Waals surface area contributed by atoms with E-state index in [1.807, 2.05) is 61.7 Å². The number of hydrogen-bond donors (Lipinski definition) is 2. The van der Waals surface area contributed by atoms with Gasteiger partial charge in [-0.25, -0.2) is 9.59 Å². The van der Waals surface area contributed by atoms with E-state index < -0.39 is 18.1 Å². The zero-order valence-corrected chi connectivity index (χ0v) is 19.1. The number of carbonyl (C=O) groups excluding carboxylic acids is 2. The Labute approximate surface area is 197 Å². The summed E-state index contributed by atoms with van der Waals surface area (Å²) >= 11 is 0. The predicted molar refractivity (Wildman–Crippen MR) is 131 cm³/mol. The highest BCUT2D eigenvalue weighted by molar-refractivity contribution is 5.87. The Balaban J connectivity index is 1.33. The molecule has 0 fully saturated rings. The summed E-state index contributed by atoms with van der Waals surface area (Å²) in [5.74, 6) is -0.906. The van der Waals surface area contributed by atoms with E-state index in [4.69, 9.17) is 9.47 Å². The maximum Gasteiger partial charge on any atom is 0.407 e. The lowest BCUT2D eigenvalue weighted by atomic mass is 9.93. The minimum atomic E-state index is -0.889. The Morgan fingerprint density at radius 1 is 0.941 bits per heavy atom. The van der Waals surface area contributed by atoms with Crippen LogP contribution in [0, 0.1) is 0 Å². The highest BCUT2D eigenvalue weighted by atomic mass is 16.6. The van der Waals surface area contributed by atoms with Crippen LogP contribution in [0.4, 0.5) is 4.79 Å². The molecule has 2 unspecified atom stereocenters. The monoisotopic (exact) mass is 454 g/mol. The van der Waals surface area contributed by atoms with Crippen LogP contribution in [0.3, 0.4) is 0 Å². The van der Waals surface area contributed by atoms with E-state index in [0.29, 0.717) is 0 Å². The van der Waals surface area contributed by atoms with E-state index in [1.165, 1.54) is 7.11 Å². The summed E-state index contributed by atoms with van der Waals surface area (Å²) < 4.78 is 10.7. The largest absolute Gasteiger partial charge is 0.467 e. The number of aromatic amines is 1. The second-order valence-electron chi connectivity index (χ2n) is 8.55. The number of aromatic nitrogens is 1. The zero-order chi connectivity index (χ0) is 23.7. The SMILES string of the molecule is COC(=O)C(NC(=O)OCC1c2ccccc2-c2ccccc21)C(C)c1c[nH]c2ccccc12. The molecule has 0 aliphatic heterocycles. The molecule has 1 aliphatic rings. The van der Waals surface area contributed by atoms with Gasteiger partial charge in [-0.1, -0.05) is 73.7 Å². The topological polar surface area (TPSA) is 80.4 Å². The van der Waals surface area contributed by atoms with Crippen LogP contribution in [0.2, 0.25) is 0 Å². The fraction of sp³-hybridized carbons (Fsp3) is 0.214. The Morgan fingerprint density at radius 3 is 2.24 bits per heavy atom. The van der Waals surface area contributed by atoms with Gasteiger partial charge in [0.1, 0.15) is 12.6 Å². The van der Waals surface area contributed by atoms with Crippen molar-refractivity contribution in [1.29, 1.82) is 0 Å². The highest BCUT2D eigenvalue weighted by Gasteiger charge is 2.33. The molecule has 0 saturated heterocycles. The van der Waals surface area contributed by atoms with E-state index in [-0.39, 0.29) is 18.4 Å². The van der Waals surface area contributed by atoms with E-state index in [2.05, 4.69) is 34.6 Å². The molecule has 6 heteroatoms. The molecule has 4 aromatic rings. The summed E-state index contributed by atoms with van der Waals surface area (Å²) in [6.45, 7) is 2.07. The molecule has 1 aliphatic carbocycles. The molecule has 0 bridgehead atoms. The number of amides is 1. The second kappa shape index (κ2) is 9.06. The molecule has 34 heavy (non-hydrogen) atoms. The average Bonchev–Trinajstić information content (AvgIpc) is 3.45. The average molecular weight is 455 g/mol. The van der Waals surface area contributed by atoms with Crippen LogP contribution >= 0.6 is 0 Å². The van der Waals surface area contributed by atoms with E-state index in [9.17, 15) is 9.59 Å². The van der Waals surface area contributed by atoms with Crippen LogP contribution in [0.5, 0.6) is 0 Å². The summed E-state index contributed by atoms with van der Waals surface area (Å²) in [7, 11) is 1.32. The molecule has 172 valence electrons. The first-order chi connectivity index (χ1) is 16.6. The maximum atomic E-state index is 12.8. The first kappa shape index (κ1) is 21.8. The van der Waals surface area contributed by atoms with Gasteiger partial charge in [0, 0.05) is 28.9 Å². The third-order valence-corrected chi connectivity index (χ3v) is 6.68. The standard InChI is InChI=1S/C28H26N2O4/c1-17(23-15-29-25-14-8-7-13-22(23)25)26(27(31)33-2)30-28(32)34-16-24-20-11-5-3-9-18(20)19-10-4-6-12-21(19)24/h3-15,17,24,26,29H,16H2,1-2H3,(H,30,32). The van der Waals surface area contributed by atoms with Crippen LogP contribution in [-0.2, 0) is 14.3 Å². The number of benzene rings is 3. The first-order valence-electron chi connectivity index (χ1n) is 11.3. The minimum Gasteiger partial charge on any atom is -0.467 e. The van der Waals surface area contributed by atoms with Crippen LogP contribution in [-0.4, -0.2) is 36.8 Å². The molecule has 1 amide bonds. The normalized spacial score (nSPS) is 14.2. The summed E-state index contributed by atoms with van der Waals surface area (Å²) in [6, 6.07) is 23.3. The van der Waals surface area contributed by atoms with Crippen LogP contribution in [0.25, 0.3) is 22.0 Å². The summed E-state index contributed by atoms with van der Waals surface area (Å²) in [5.41, 5.74) is 6.47. The number of methoxy groups -OCH3 is 1. The number of ether oxygens (including phenoxy) is 2. The number of carbonyl (C=O) groups is 2. The molecular formula is C28H26N2O4. The van der Waals surface area contributed by atoms with Gasteiger partial charge in [-0.15, -0.1) is 0 Å². The Morgan fingerprint density at radius 2 is 1.56 bits per heavy atom. The van der Waals surface area contributed by atoms with Gasteiger partial charge in [0.05, 0.1) is 7.11 Å². The fourth-order valence-electron chi connectivity index (χ4n) is 4.93. The Bertz CT molecular complexity index is 1310. The lowest BCUT2D eigenvalue weighted by Gasteiger charge is -2.23. The molecule has 6 nitrogen and oxygen atoms in total. The zero-order valence-electron chi connectivity index (χ0n) is 19.1. The number of alkyl carbamates (subject to hydrolysis) is 1. The van der Waals surface area contributed by atoms with Crippen molar-refractivity contribution in [2.45, 2.75) is 24.8 Å². The van der Waals surface area contributed by atoms with Crippen molar-refractivity contribution in [2.24, 2.45) is 0 Å². The van der Waals surface area contributed by atoms with Crippen molar-refractivity contribution < 1.29 is 19.1 Å². The number of para-hydroxylation sites is 1. The van der Waals surface area contributed by atoms with Gasteiger partial charge in [-0.05, 0) is 33.9 Å². The molecule has 0 saturated carbocycles. The Hall–Kier alpha value is -4.06. The second-order valence-corrected chi connectivity index (χ2v) is 8.55. The van der Waals surface area contributed by atoms with Crippen molar-refractivity contribution in [1.82, 2.24) is 10.3 Å². The van der Waals surface area contributed by atoms with Crippen molar-refractivity contribution in [3.8, 4) is 11.1 Å². The van der Waals surface area contributed by atoms with Crippen LogP contribution < -0.4 is 5.32 Å². The maximum absolute atomic E-state index is 12.8. The number of hydrogen-bond acceptors (Lipinski definition) is 4. The van der Waals surface area contributed by atoms with Gasteiger partial charge in [0.15, 0.2) is 0 Å². The number of nitrogens with one attached hydrogen (secondary N) is 2. The summed E-state index contributed by atoms with van der Waals surface area (Å²) in [6.07, 6.45) is 1.22. The van der Waals surface area contributed by atoms with Crippen LogP contribution in [0.15, 0.2) is 79.0 Å². The van der Waals surface area contributed by atoms with Gasteiger partial charge in [0.2, 0.25) is 0 Å². The molecule has 2 N–H and O–H groups in total.